The van der Waals surface area contributed by atoms with Crippen LogP contribution in [0.4, 0.5) is 0 Å². The van der Waals surface area contributed by atoms with Gasteiger partial charge >= 0.3 is 5.97 Å². The van der Waals surface area contributed by atoms with Crippen molar-refractivity contribution in [3.05, 3.63) is 0 Å². The van der Waals surface area contributed by atoms with E-state index in [1.165, 1.54) is 64.2 Å². The van der Waals surface area contributed by atoms with Crippen LogP contribution in [0.1, 0.15) is 98.8 Å². The van der Waals surface area contributed by atoms with E-state index in [2.05, 4.69) is 13.8 Å². The topological polar surface area (TPSA) is 80.4 Å². The smallest absolute Gasteiger partial charge is 0.320 e. The van der Waals surface area contributed by atoms with Gasteiger partial charge in [-0.25, -0.2) is 0 Å². The third-order valence-corrected chi connectivity index (χ3v) is 10.1. The Morgan fingerprint density at radius 2 is 1.57 bits per heavy atom. The molecule has 0 aromatic carbocycles. The molecular weight excluding hydrogens is 374 g/mol. The molecule has 4 aliphatic carbocycles. The zero-order valence-corrected chi connectivity index (χ0v) is 20.0. The van der Waals surface area contributed by atoms with Crippen molar-refractivity contribution in [1.82, 2.24) is 0 Å². The van der Waals surface area contributed by atoms with Gasteiger partial charge in [0.2, 0.25) is 0 Å². The third kappa shape index (κ3) is 4.10. The Hall–Kier alpha value is -0.900. The summed E-state index contributed by atoms with van der Waals surface area (Å²) in [6.07, 6.45) is 14.1. The molecule has 4 saturated carbocycles. The van der Waals surface area contributed by atoms with Gasteiger partial charge < -0.3 is 10.8 Å². The van der Waals surface area contributed by atoms with Gasteiger partial charge in [0.15, 0.2) is 0 Å². The van der Waals surface area contributed by atoms with E-state index in [-0.39, 0.29) is 5.92 Å². The number of carbonyl (C=O) groups excluding carboxylic acids is 1. The first kappa shape index (κ1) is 23.8. The highest BCUT2D eigenvalue weighted by Gasteiger charge is 2.60. The second-order valence-corrected chi connectivity index (χ2v) is 11.8. The third-order valence-electron chi connectivity index (χ3n) is 10.1. The number of carbonyl (C=O) groups is 2. The van der Waals surface area contributed by atoms with E-state index in [4.69, 9.17) is 10.8 Å². The quantitative estimate of drug-likeness (QED) is 0.617. The fourth-order valence-corrected chi connectivity index (χ4v) is 8.25. The molecule has 0 aromatic heterocycles. The SMILES string of the molecule is CC(=O)[C@H]1CCC2C3CCC4CCCC[C@]4(C)C3CC[C@@]21C.CC(C)[C@H](N)C(=O)O. The van der Waals surface area contributed by atoms with E-state index in [0.717, 1.165) is 23.7 Å². The number of Topliss-reactive ketones (excluding diaryl/α,β-unsaturated/α-hetero) is 1. The molecule has 0 amide bonds. The normalized spacial score (nSPS) is 43.5. The van der Waals surface area contributed by atoms with Crippen LogP contribution in [0.25, 0.3) is 0 Å². The van der Waals surface area contributed by atoms with Gasteiger partial charge in [0.1, 0.15) is 11.8 Å². The molecule has 0 aliphatic heterocycles. The summed E-state index contributed by atoms with van der Waals surface area (Å²) in [6, 6.07) is -0.713. The van der Waals surface area contributed by atoms with Crippen LogP contribution in [0.15, 0.2) is 0 Å². The second-order valence-electron chi connectivity index (χ2n) is 11.8. The average Bonchev–Trinajstić information content (AvgIpc) is 3.04. The van der Waals surface area contributed by atoms with Crippen LogP contribution in [0.2, 0.25) is 0 Å². The van der Waals surface area contributed by atoms with Gasteiger partial charge in [-0.1, -0.05) is 40.5 Å². The number of hydrogen-bond acceptors (Lipinski definition) is 3. The summed E-state index contributed by atoms with van der Waals surface area (Å²) >= 11 is 0. The molecule has 4 fully saturated rings. The molecule has 4 nitrogen and oxygen atoms in total. The van der Waals surface area contributed by atoms with Gasteiger partial charge in [-0.05, 0) is 98.7 Å². The molecule has 4 unspecified atom stereocenters. The van der Waals surface area contributed by atoms with Crippen molar-refractivity contribution in [1.29, 1.82) is 0 Å². The van der Waals surface area contributed by atoms with Crippen LogP contribution < -0.4 is 5.73 Å². The Morgan fingerprint density at radius 1 is 0.900 bits per heavy atom. The van der Waals surface area contributed by atoms with Gasteiger partial charge in [-0.2, -0.15) is 0 Å². The molecule has 8 atom stereocenters. The lowest BCUT2D eigenvalue weighted by atomic mass is 9.45. The van der Waals surface area contributed by atoms with Crippen molar-refractivity contribution in [3.63, 3.8) is 0 Å². The maximum absolute atomic E-state index is 12.2. The van der Waals surface area contributed by atoms with Crippen LogP contribution in [-0.4, -0.2) is 22.9 Å². The molecule has 4 rings (SSSR count). The minimum Gasteiger partial charge on any atom is -0.480 e. The maximum atomic E-state index is 12.2. The molecule has 30 heavy (non-hydrogen) atoms. The fraction of sp³-hybridized carbons (Fsp3) is 0.923. The van der Waals surface area contributed by atoms with Gasteiger partial charge in [0.05, 0.1) is 0 Å². The monoisotopic (exact) mass is 419 g/mol. The Bertz CT molecular complexity index is 646. The molecule has 0 bridgehead atoms. The van der Waals surface area contributed by atoms with E-state index >= 15 is 0 Å². The van der Waals surface area contributed by atoms with Crippen molar-refractivity contribution >= 4 is 11.8 Å². The van der Waals surface area contributed by atoms with Crippen molar-refractivity contribution in [3.8, 4) is 0 Å². The van der Waals surface area contributed by atoms with Gasteiger partial charge in [-0.3, -0.25) is 9.59 Å². The minimum atomic E-state index is -0.931. The summed E-state index contributed by atoms with van der Waals surface area (Å²) < 4.78 is 0. The van der Waals surface area contributed by atoms with E-state index in [9.17, 15) is 9.59 Å². The fourth-order valence-electron chi connectivity index (χ4n) is 8.25. The minimum absolute atomic E-state index is 0.0208. The summed E-state index contributed by atoms with van der Waals surface area (Å²) in [6.45, 7) is 10.5. The average molecular weight is 420 g/mol. The maximum Gasteiger partial charge on any atom is 0.320 e. The Morgan fingerprint density at radius 3 is 2.13 bits per heavy atom. The predicted molar refractivity (Wildman–Crippen MR) is 121 cm³/mol. The van der Waals surface area contributed by atoms with Crippen molar-refractivity contribution in [2.45, 2.75) is 105 Å². The molecule has 0 aromatic rings. The standard InChI is InChI=1S/C21H34O.C5H11NO2/c1-14(22)17-9-10-18-16-8-7-15-6-4-5-12-20(15,2)19(16)11-13-21(17,18)3;1-3(2)4(6)5(7)8/h15-19H,4-13H2,1-3H3;3-4H,6H2,1-2H3,(H,7,8)/t15?,16?,17-,18?,19?,20+,21-;4-/m10/s1. The number of nitrogens with two attached hydrogens (primary N) is 1. The molecule has 0 saturated heterocycles. The highest BCUT2D eigenvalue weighted by Crippen LogP contribution is 2.67. The van der Waals surface area contributed by atoms with Crippen LogP contribution in [0.5, 0.6) is 0 Å². The lowest BCUT2D eigenvalue weighted by Gasteiger charge is -2.60. The van der Waals surface area contributed by atoms with Gasteiger partial charge in [-0.15, -0.1) is 0 Å². The predicted octanol–water partition coefficient (Wildman–Crippen LogP) is 5.68. The number of carboxylic acids is 1. The Kier molecular flexibility index (Phi) is 7.06. The second kappa shape index (κ2) is 8.92. The zero-order chi connectivity index (χ0) is 22.3. The number of hydrogen-bond donors (Lipinski definition) is 2. The van der Waals surface area contributed by atoms with Crippen LogP contribution in [0.3, 0.4) is 0 Å². The summed E-state index contributed by atoms with van der Waals surface area (Å²) in [5.41, 5.74) is 6.13. The van der Waals surface area contributed by atoms with Crippen molar-refractivity contribution in [2.24, 2.45) is 52.1 Å². The summed E-state index contributed by atoms with van der Waals surface area (Å²) in [7, 11) is 0. The Balaban J connectivity index is 0.000000275. The molecule has 172 valence electrons. The zero-order valence-electron chi connectivity index (χ0n) is 20.0. The summed E-state index contributed by atoms with van der Waals surface area (Å²) in [5.74, 6) is 3.69. The number of carboxylic acid groups (broad SMARTS) is 1. The lowest BCUT2D eigenvalue weighted by Crippen LogP contribution is -2.53. The molecule has 3 N–H and O–H groups in total. The molecular formula is C26H45NO3. The highest BCUT2D eigenvalue weighted by molar-refractivity contribution is 5.79. The molecule has 0 radical (unpaired) electrons. The van der Waals surface area contributed by atoms with E-state index in [0.29, 0.717) is 22.5 Å². The number of fused-ring (bicyclic) bond motifs is 5. The lowest BCUT2D eigenvalue weighted by molar-refractivity contribution is -0.139. The van der Waals surface area contributed by atoms with Crippen molar-refractivity contribution < 1.29 is 14.7 Å². The summed E-state index contributed by atoms with van der Waals surface area (Å²) in [4.78, 5) is 22.2. The first-order chi connectivity index (χ1) is 14.0. The molecule has 0 heterocycles. The van der Waals surface area contributed by atoms with Gasteiger partial charge in [0, 0.05) is 5.92 Å². The first-order valence-electron chi connectivity index (χ1n) is 12.5. The summed E-state index contributed by atoms with van der Waals surface area (Å²) in [5, 5.41) is 8.23. The Labute approximate surface area is 183 Å². The van der Waals surface area contributed by atoms with Crippen LogP contribution >= 0.6 is 0 Å². The molecule has 4 heteroatoms. The largest absolute Gasteiger partial charge is 0.480 e. The number of rotatable bonds is 3. The number of aliphatic carboxylic acids is 1. The molecule has 4 aliphatic rings. The molecule has 0 spiro atoms. The highest BCUT2D eigenvalue weighted by atomic mass is 16.4. The van der Waals surface area contributed by atoms with Gasteiger partial charge in [0.25, 0.3) is 0 Å². The van der Waals surface area contributed by atoms with Crippen LogP contribution in [-0.2, 0) is 9.59 Å². The number of ketones is 1. The van der Waals surface area contributed by atoms with E-state index in [1.807, 2.05) is 6.92 Å². The van der Waals surface area contributed by atoms with E-state index in [1.54, 1.807) is 13.8 Å². The van der Waals surface area contributed by atoms with Crippen LogP contribution in [0, 0.1) is 46.3 Å². The first-order valence-corrected chi connectivity index (χ1v) is 12.5. The van der Waals surface area contributed by atoms with E-state index < -0.39 is 12.0 Å². The van der Waals surface area contributed by atoms with Crippen molar-refractivity contribution in [2.75, 3.05) is 0 Å².